The zero-order valence-electron chi connectivity index (χ0n) is 10.3. The highest BCUT2D eigenvalue weighted by Gasteiger charge is 2.17. The molecule has 0 saturated heterocycles. The average Bonchev–Trinajstić information content (AvgIpc) is 2.36. The molecular weight excluding hydrogens is 286 g/mol. The van der Waals surface area contributed by atoms with Crippen LogP contribution in [0.1, 0.15) is 10.4 Å². The minimum Gasteiger partial charge on any atom is -0.478 e. The van der Waals surface area contributed by atoms with Crippen LogP contribution >= 0.6 is 0 Å². The van der Waals surface area contributed by atoms with Gasteiger partial charge in [0.15, 0.2) is 0 Å². The highest BCUT2D eigenvalue weighted by atomic mass is 19.1. The maximum absolute atomic E-state index is 13.1. The van der Waals surface area contributed by atoms with Crippen molar-refractivity contribution in [2.75, 3.05) is 5.32 Å². The van der Waals surface area contributed by atoms with Crippen molar-refractivity contribution in [1.29, 1.82) is 0 Å². The van der Waals surface area contributed by atoms with Gasteiger partial charge in [-0.2, -0.15) is 0 Å². The molecule has 8 heteroatoms. The SMILES string of the molecule is O=C(O)c1ccc([N+](=O)[O-])c(Nc2cc(F)cc(F)c2)c1. The molecule has 2 aromatic rings. The van der Waals surface area contributed by atoms with Crippen molar-refractivity contribution in [1.82, 2.24) is 0 Å². The normalized spacial score (nSPS) is 10.2. The number of carboxylic acid groups (broad SMARTS) is 1. The van der Waals surface area contributed by atoms with Crippen molar-refractivity contribution in [2.45, 2.75) is 0 Å². The summed E-state index contributed by atoms with van der Waals surface area (Å²) in [6.45, 7) is 0. The molecule has 0 aromatic heterocycles. The fourth-order valence-corrected chi connectivity index (χ4v) is 1.71. The van der Waals surface area contributed by atoms with E-state index in [1.165, 1.54) is 0 Å². The van der Waals surface area contributed by atoms with Gasteiger partial charge in [-0.15, -0.1) is 0 Å². The number of hydrogen-bond acceptors (Lipinski definition) is 4. The van der Waals surface area contributed by atoms with Gasteiger partial charge in [-0.1, -0.05) is 0 Å². The molecule has 0 fully saturated rings. The third-order valence-electron chi connectivity index (χ3n) is 2.58. The Morgan fingerprint density at radius 2 is 1.76 bits per heavy atom. The van der Waals surface area contributed by atoms with Gasteiger partial charge in [0, 0.05) is 17.8 Å². The van der Waals surface area contributed by atoms with E-state index in [0.29, 0.717) is 6.07 Å². The number of halogens is 2. The Bertz CT molecular complexity index is 714. The van der Waals surface area contributed by atoms with Gasteiger partial charge in [0.25, 0.3) is 5.69 Å². The number of nitrogens with one attached hydrogen (secondary N) is 1. The molecule has 0 amide bonds. The van der Waals surface area contributed by atoms with E-state index in [1.54, 1.807) is 0 Å². The summed E-state index contributed by atoms with van der Waals surface area (Å²) in [7, 11) is 0. The maximum atomic E-state index is 13.1. The molecule has 21 heavy (non-hydrogen) atoms. The van der Waals surface area contributed by atoms with Gasteiger partial charge in [0.05, 0.1) is 10.5 Å². The molecule has 0 atom stereocenters. The Kier molecular flexibility index (Phi) is 3.79. The molecule has 2 aromatic carbocycles. The first-order valence-electron chi connectivity index (χ1n) is 5.61. The number of nitrogens with zero attached hydrogens (tertiary/aromatic N) is 1. The molecule has 0 saturated carbocycles. The molecule has 108 valence electrons. The van der Waals surface area contributed by atoms with E-state index in [2.05, 4.69) is 5.32 Å². The standard InChI is InChI=1S/C13H8F2N2O4/c14-8-4-9(15)6-10(5-8)16-11-3-7(13(18)19)1-2-12(11)17(20)21/h1-6,16H,(H,18,19). The maximum Gasteiger partial charge on any atom is 0.335 e. The van der Waals surface area contributed by atoms with Crippen molar-refractivity contribution >= 4 is 23.0 Å². The Balaban J connectivity index is 2.47. The minimum atomic E-state index is -1.28. The Labute approximate surface area is 116 Å². The molecular formula is C13H8F2N2O4. The van der Waals surface area contributed by atoms with Gasteiger partial charge in [0.2, 0.25) is 0 Å². The average molecular weight is 294 g/mol. The van der Waals surface area contributed by atoms with E-state index < -0.39 is 28.2 Å². The Morgan fingerprint density at radius 1 is 1.14 bits per heavy atom. The van der Waals surface area contributed by atoms with Gasteiger partial charge in [-0.25, -0.2) is 13.6 Å². The molecule has 6 nitrogen and oxygen atoms in total. The molecule has 0 unspecified atom stereocenters. The number of anilines is 2. The molecule has 2 N–H and O–H groups in total. The van der Waals surface area contributed by atoms with Gasteiger partial charge in [-0.3, -0.25) is 10.1 Å². The zero-order valence-corrected chi connectivity index (χ0v) is 10.3. The largest absolute Gasteiger partial charge is 0.478 e. The van der Waals surface area contributed by atoms with Gasteiger partial charge >= 0.3 is 5.97 Å². The van der Waals surface area contributed by atoms with E-state index in [9.17, 15) is 23.7 Å². The first-order valence-corrected chi connectivity index (χ1v) is 5.61. The summed E-state index contributed by atoms with van der Waals surface area (Å²) >= 11 is 0. The second-order valence-corrected chi connectivity index (χ2v) is 4.08. The molecule has 0 heterocycles. The monoisotopic (exact) mass is 294 g/mol. The van der Waals surface area contributed by atoms with Crippen molar-refractivity contribution in [3.63, 3.8) is 0 Å². The molecule has 0 radical (unpaired) electrons. The van der Waals surface area contributed by atoms with E-state index in [4.69, 9.17) is 5.11 Å². The van der Waals surface area contributed by atoms with Crippen LogP contribution in [0.3, 0.4) is 0 Å². The molecule has 0 aliphatic rings. The highest BCUT2D eigenvalue weighted by Crippen LogP contribution is 2.29. The molecule has 0 aliphatic heterocycles. The minimum absolute atomic E-state index is 0.0712. The topological polar surface area (TPSA) is 92.5 Å². The van der Waals surface area contributed by atoms with Gasteiger partial charge in [0.1, 0.15) is 17.3 Å². The number of nitro benzene ring substituents is 1. The predicted molar refractivity (Wildman–Crippen MR) is 69.7 cm³/mol. The fourth-order valence-electron chi connectivity index (χ4n) is 1.71. The molecule has 0 aliphatic carbocycles. The number of rotatable bonds is 4. The Morgan fingerprint density at radius 3 is 2.29 bits per heavy atom. The molecule has 0 bridgehead atoms. The number of aromatic carboxylic acids is 1. The third kappa shape index (κ3) is 3.30. The summed E-state index contributed by atoms with van der Waals surface area (Å²) in [6, 6.07) is 5.59. The van der Waals surface area contributed by atoms with Crippen LogP contribution < -0.4 is 5.32 Å². The van der Waals surface area contributed by atoms with Crippen LogP contribution in [0.15, 0.2) is 36.4 Å². The summed E-state index contributed by atoms with van der Waals surface area (Å²) < 4.78 is 26.2. The summed E-state index contributed by atoms with van der Waals surface area (Å²) in [5.41, 5.74) is -0.854. The fraction of sp³-hybridized carbons (Fsp3) is 0. The highest BCUT2D eigenvalue weighted by molar-refractivity contribution is 5.90. The van der Waals surface area contributed by atoms with Gasteiger partial charge in [-0.05, 0) is 24.3 Å². The van der Waals surface area contributed by atoms with Crippen LogP contribution in [0.2, 0.25) is 0 Å². The van der Waals surface area contributed by atoms with Crippen LogP contribution in [0.5, 0.6) is 0 Å². The van der Waals surface area contributed by atoms with Crippen molar-refractivity contribution in [2.24, 2.45) is 0 Å². The van der Waals surface area contributed by atoms with Crippen molar-refractivity contribution in [3.05, 3.63) is 63.7 Å². The van der Waals surface area contributed by atoms with Crippen molar-refractivity contribution in [3.8, 4) is 0 Å². The van der Waals surface area contributed by atoms with Crippen LogP contribution in [-0.2, 0) is 0 Å². The van der Waals surface area contributed by atoms with Crippen LogP contribution in [0, 0.1) is 21.7 Å². The third-order valence-corrected chi connectivity index (χ3v) is 2.58. The second kappa shape index (κ2) is 5.53. The number of carbonyl (C=O) groups is 1. The number of hydrogen-bond donors (Lipinski definition) is 2. The summed E-state index contributed by atoms with van der Waals surface area (Å²) in [6.07, 6.45) is 0. The molecule has 2 rings (SSSR count). The van der Waals surface area contributed by atoms with E-state index in [-0.39, 0.29) is 16.9 Å². The smallest absolute Gasteiger partial charge is 0.335 e. The number of carboxylic acids is 1. The summed E-state index contributed by atoms with van der Waals surface area (Å²) in [5, 5.41) is 22.2. The van der Waals surface area contributed by atoms with Crippen LogP contribution in [0.25, 0.3) is 0 Å². The van der Waals surface area contributed by atoms with E-state index in [1.807, 2.05) is 0 Å². The first-order chi connectivity index (χ1) is 9.86. The first kappa shape index (κ1) is 14.4. The van der Waals surface area contributed by atoms with Gasteiger partial charge < -0.3 is 10.4 Å². The predicted octanol–water partition coefficient (Wildman–Crippen LogP) is 3.31. The lowest BCUT2D eigenvalue weighted by Gasteiger charge is -2.08. The molecule has 0 spiro atoms. The lowest BCUT2D eigenvalue weighted by atomic mass is 10.1. The summed E-state index contributed by atoms with van der Waals surface area (Å²) in [4.78, 5) is 21.0. The second-order valence-electron chi connectivity index (χ2n) is 4.08. The lowest BCUT2D eigenvalue weighted by molar-refractivity contribution is -0.383. The summed E-state index contributed by atoms with van der Waals surface area (Å²) in [5.74, 6) is -3.01. The number of benzene rings is 2. The van der Waals surface area contributed by atoms with Crippen molar-refractivity contribution < 1.29 is 23.6 Å². The van der Waals surface area contributed by atoms with Crippen LogP contribution in [0.4, 0.5) is 25.8 Å². The lowest BCUT2D eigenvalue weighted by Crippen LogP contribution is -2.02. The van der Waals surface area contributed by atoms with E-state index >= 15 is 0 Å². The van der Waals surface area contributed by atoms with Crippen LogP contribution in [-0.4, -0.2) is 16.0 Å². The number of nitro groups is 1. The Hall–Kier alpha value is -3.03. The zero-order chi connectivity index (χ0) is 15.6. The van der Waals surface area contributed by atoms with E-state index in [0.717, 1.165) is 30.3 Å². The quantitative estimate of drug-likeness (QED) is 0.666.